The van der Waals surface area contributed by atoms with E-state index in [2.05, 4.69) is 45.5 Å². The molecule has 2 heterocycles. The molecule has 0 radical (unpaired) electrons. The summed E-state index contributed by atoms with van der Waals surface area (Å²) in [6.07, 6.45) is 1.38. The van der Waals surface area contributed by atoms with Crippen molar-refractivity contribution in [2.45, 2.75) is 19.2 Å². The number of hydrogen-bond donors (Lipinski definition) is 1. The van der Waals surface area contributed by atoms with Crippen molar-refractivity contribution < 1.29 is 12.9 Å². The molecule has 1 N–H and O–H groups in total. The summed E-state index contributed by atoms with van der Waals surface area (Å²) in [7, 11) is -1.66. The Morgan fingerprint density at radius 1 is 1.26 bits per heavy atom. The molecule has 0 atom stereocenters. The maximum absolute atomic E-state index is 12.5. The Bertz CT molecular complexity index is 872. The van der Waals surface area contributed by atoms with E-state index in [0.29, 0.717) is 38.4 Å². The molecule has 146 valence electrons. The average Bonchev–Trinajstić information content (AvgIpc) is 3.15. The van der Waals surface area contributed by atoms with E-state index in [1.54, 1.807) is 13.1 Å². The molecule has 8 nitrogen and oxygen atoms in total. The third-order valence-corrected chi connectivity index (χ3v) is 6.31. The quantitative estimate of drug-likeness (QED) is 0.608. The average molecular weight is 391 g/mol. The van der Waals surface area contributed by atoms with Crippen LogP contribution in [-0.4, -0.2) is 62.0 Å². The number of aliphatic imine (C=N–C) groups is 1. The Balaban J connectivity index is 1.54. The van der Waals surface area contributed by atoms with Crippen LogP contribution in [0.4, 0.5) is 0 Å². The van der Waals surface area contributed by atoms with Crippen molar-refractivity contribution in [2.75, 3.05) is 33.2 Å². The van der Waals surface area contributed by atoms with E-state index in [1.165, 1.54) is 21.7 Å². The summed E-state index contributed by atoms with van der Waals surface area (Å²) in [6.45, 7) is 4.77. The van der Waals surface area contributed by atoms with Gasteiger partial charge in [0.2, 0.25) is 10.0 Å². The van der Waals surface area contributed by atoms with Crippen molar-refractivity contribution in [3.8, 4) is 0 Å². The fourth-order valence-corrected chi connectivity index (χ4v) is 4.53. The molecule has 1 fully saturated rings. The highest BCUT2D eigenvalue weighted by Gasteiger charge is 2.28. The molecule has 27 heavy (non-hydrogen) atoms. The van der Waals surface area contributed by atoms with Crippen LogP contribution in [0.15, 0.2) is 46.1 Å². The highest BCUT2D eigenvalue weighted by molar-refractivity contribution is 7.88. The predicted molar refractivity (Wildman–Crippen MR) is 104 cm³/mol. The Labute approximate surface area is 159 Å². The van der Waals surface area contributed by atoms with Crippen LogP contribution in [-0.2, 0) is 22.3 Å². The zero-order valence-corrected chi connectivity index (χ0v) is 16.4. The first kappa shape index (κ1) is 19.4. The first-order chi connectivity index (χ1) is 13.0. The van der Waals surface area contributed by atoms with Crippen LogP contribution in [0.3, 0.4) is 0 Å². The van der Waals surface area contributed by atoms with Crippen LogP contribution in [0.25, 0.3) is 0 Å². The zero-order valence-electron chi connectivity index (χ0n) is 15.6. The van der Waals surface area contributed by atoms with E-state index in [-0.39, 0.29) is 5.75 Å². The Morgan fingerprint density at radius 3 is 2.67 bits per heavy atom. The van der Waals surface area contributed by atoms with Gasteiger partial charge in [-0.25, -0.2) is 8.42 Å². The van der Waals surface area contributed by atoms with E-state index in [4.69, 9.17) is 4.52 Å². The summed E-state index contributed by atoms with van der Waals surface area (Å²) in [6, 6.07) is 9.88. The standard InChI is InChI=1S/C18H25N5O3S/c1-15-4-3-5-16(12-15)13-20-18(19-2)22-7-9-23(10-8-22)27(24,25)14-17-6-11-26-21-17/h3-6,11-12H,7-10,13-14H2,1-2H3,(H,19,20). The van der Waals surface area contributed by atoms with Crippen LogP contribution in [0.2, 0.25) is 0 Å². The van der Waals surface area contributed by atoms with E-state index >= 15 is 0 Å². The van der Waals surface area contributed by atoms with Crippen molar-refractivity contribution in [1.29, 1.82) is 0 Å². The van der Waals surface area contributed by atoms with Crippen molar-refractivity contribution in [3.63, 3.8) is 0 Å². The van der Waals surface area contributed by atoms with Crippen LogP contribution in [0.1, 0.15) is 16.8 Å². The second-order valence-electron chi connectivity index (χ2n) is 6.52. The SMILES string of the molecule is CN=C(NCc1cccc(C)c1)N1CCN(S(=O)(=O)Cc2ccon2)CC1. The van der Waals surface area contributed by atoms with Crippen LogP contribution in [0.5, 0.6) is 0 Å². The highest BCUT2D eigenvalue weighted by Crippen LogP contribution is 2.13. The third-order valence-electron chi connectivity index (χ3n) is 4.50. The van der Waals surface area contributed by atoms with Gasteiger partial charge >= 0.3 is 0 Å². The molecule has 3 rings (SSSR count). The van der Waals surface area contributed by atoms with E-state index < -0.39 is 10.0 Å². The summed E-state index contributed by atoms with van der Waals surface area (Å²) in [5, 5.41) is 7.05. The smallest absolute Gasteiger partial charge is 0.220 e. The van der Waals surface area contributed by atoms with Crippen molar-refractivity contribution in [3.05, 3.63) is 53.4 Å². The van der Waals surface area contributed by atoms with Gasteiger partial charge in [-0.2, -0.15) is 4.31 Å². The summed E-state index contributed by atoms with van der Waals surface area (Å²) in [5.74, 6) is 0.647. The van der Waals surface area contributed by atoms with Gasteiger partial charge in [0.1, 0.15) is 12.0 Å². The van der Waals surface area contributed by atoms with Gasteiger partial charge in [-0.15, -0.1) is 0 Å². The van der Waals surface area contributed by atoms with Crippen molar-refractivity contribution in [2.24, 2.45) is 4.99 Å². The van der Waals surface area contributed by atoms with Gasteiger partial charge < -0.3 is 14.7 Å². The molecule has 9 heteroatoms. The van der Waals surface area contributed by atoms with Crippen LogP contribution in [0, 0.1) is 6.92 Å². The molecule has 0 spiro atoms. The minimum atomic E-state index is -3.40. The van der Waals surface area contributed by atoms with Crippen molar-refractivity contribution >= 4 is 16.0 Å². The van der Waals surface area contributed by atoms with Gasteiger partial charge in [-0.05, 0) is 12.5 Å². The molecular formula is C18H25N5O3S. The molecule has 1 aromatic carbocycles. The second-order valence-corrected chi connectivity index (χ2v) is 8.49. The molecule has 0 amide bonds. The maximum atomic E-state index is 12.5. The largest absolute Gasteiger partial charge is 0.364 e. The third kappa shape index (κ3) is 5.08. The van der Waals surface area contributed by atoms with Crippen LogP contribution >= 0.6 is 0 Å². The monoisotopic (exact) mass is 391 g/mol. The molecule has 2 aromatic rings. The lowest BCUT2D eigenvalue weighted by Crippen LogP contribution is -2.53. The highest BCUT2D eigenvalue weighted by atomic mass is 32.2. The lowest BCUT2D eigenvalue weighted by atomic mass is 10.1. The first-order valence-corrected chi connectivity index (χ1v) is 10.5. The van der Waals surface area contributed by atoms with E-state index in [1.807, 2.05) is 6.07 Å². The minimum absolute atomic E-state index is 0.135. The van der Waals surface area contributed by atoms with E-state index in [9.17, 15) is 8.42 Å². The molecule has 1 aromatic heterocycles. The molecule has 0 bridgehead atoms. The molecule has 0 unspecified atom stereocenters. The van der Waals surface area contributed by atoms with E-state index in [0.717, 1.165) is 5.96 Å². The number of rotatable bonds is 5. The fourth-order valence-electron chi connectivity index (χ4n) is 3.10. The topological polar surface area (TPSA) is 91.0 Å². The lowest BCUT2D eigenvalue weighted by molar-refractivity contribution is 0.259. The molecular weight excluding hydrogens is 366 g/mol. The predicted octanol–water partition coefficient (Wildman–Crippen LogP) is 1.21. The van der Waals surface area contributed by atoms with Crippen molar-refractivity contribution in [1.82, 2.24) is 19.7 Å². The molecule has 1 saturated heterocycles. The summed E-state index contributed by atoms with van der Waals surface area (Å²) >= 11 is 0. The minimum Gasteiger partial charge on any atom is -0.364 e. The Kier molecular flexibility index (Phi) is 6.12. The number of aryl methyl sites for hydroxylation is 1. The summed E-state index contributed by atoms with van der Waals surface area (Å²) < 4.78 is 31.3. The number of benzene rings is 1. The normalized spacial score (nSPS) is 16.5. The van der Waals surface area contributed by atoms with Gasteiger partial charge in [-0.3, -0.25) is 4.99 Å². The molecule has 0 saturated carbocycles. The van der Waals surface area contributed by atoms with Crippen LogP contribution < -0.4 is 5.32 Å². The summed E-state index contributed by atoms with van der Waals surface area (Å²) in [4.78, 5) is 6.42. The Morgan fingerprint density at radius 2 is 2.04 bits per heavy atom. The van der Waals surface area contributed by atoms with Gasteiger partial charge in [0, 0.05) is 45.8 Å². The summed E-state index contributed by atoms with van der Waals surface area (Å²) in [5.41, 5.74) is 2.83. The van der Waals surface area contributed by atoms with Gasteiger partial charge in [0.25, 0.3) is 0 Å². The number of hydrogen-bond acceptors (Lipinski definition) is 5. The van der Waals surface area contributed by atoms with Gasteiger partial charge in [0.05, 0.1) is 5.69 Å². The number of nitrogens with one attached hydrogen (secondary N) is 1. The number of sulfonamides is 1. The fraction of sp³-hybridized carbons (Fsp3) is 0.444. The molecule has 0 aliphatic carbocycles. The number of guanidine groups is 1. The molecule has 1 aliphatic rings. The number of aromatic nitrogens is 1. The second kappa shape index (κ2) is 8.53. The first-order valence-electron chi connectivity index (χ1n) is 8.86. The van der Waals surface area contributed by atoms with Gasteiger partial charge in [-0.1, -0.05) is 35.0 Å². The number of nitrogens with zero attached hydrogens (tertiary/aromatic N) is 4. The maximum Gasteiger partial charge on any atom is 0.220 e. The number of piperazine rings is 1. The van der Waals surface area contributed by atoms with Gasteiger partial charge in [0.15, 0.2) is 5.96 Å². The zero-order chi connectivity index (χ0) is 19.3. The lowest BCUT2D eigenvalue weighted by Gasteiger charge is -2.35. The Hall–Kier alpha value is -2.39. The molecule has 1 aliphatic heterocycles.